The molecule has 160 valence electrons. The average molecular weight is 433 g/mol. The zero-order valence-electron chi connectivity index (χ0n) is 18.1. The summed E-state index contributed by atoms with van der Waals surface area (Å²) in [5, 5.41) is 7.86. The molecule has 4 N–H and O–H groups in total. The topological polar surface area (TPSA) is 87.7 Å². The van der Waals surface area contributed by atoms with Gasteiger partial charge in [-0.05, 0) is 49.8 Å². The van der Waals surface area contributed by atoms with Crippen LogP contribution in [0.1, 0.15) is 45.7 Å². The molecule has 0 saturated carbocycles. The summed E-state index contributed by atoms with van der Waals surface area (Å²) in [6.07, 6.45) is 3.01. The quantitative estimate of drug-likeness (QED) is 0.588. The molecule has 0 spiro atoms. The molecule has 0 radical (unpaired) electrons. The molecule has 1 aromatic carbocycles. The van der Waals surface area contributed by atoms with Crippen molar-refractivity contribution >= 4 is 38.9 Å². The highest BCUT2D eigenvalue weighted by molar-refractivity contribution is 7.21. The summed E-state index contributed by atoms with van der Waals surface area (Å²) in [6.45, 7) is 7.97. The number of amidine groups is 2. The Morgan fingerprint density at radius 3 is 2.29 bits per heavy atom. The standard InChI is InChI=1S/C24H28N6S/c1-14-18(13-16-5-7-17(8-6-16)22-26-9-3-10-27-22)15(2)30-24-19(14)20(25)21(31-24)23-28-11-4-12-29-23/h5-8H,3-4,9-13,25H2,1-2H3,(H,26,27)(H,28,29). The molecule has 2 aliphatic rings. The lowest BCUT2D eigenvalue weighted by atomic mass is 9.96. The fraction of sp³-hybridized carbons (Fsp3) is 0.375. The first kappa shape index (κ1) is 20.0. The Kier molecular flexibility index (Phi) is 5.36. The van der Waals surface area contributed by atoms with Crippen LogP contribution in [0.2, 0.25) is 0 Å². The van der Waals surface area contributed by atoms with E-state index in [-0.39, 0.29) is 0 Å². The van der Waals surface area contributed by atoms with Crippen molar-refractivity contribution in [2.45, 2.75) is 33.1 Å². The van der Waals surface area contributed by atoms with Gasteiger partial charge in [0.1, 0.15) is 16.5 Å². The molecule has 5 rings (SSSR count). The summed E-state index contributed by atoms with van der Waals surface area (Å²) >= 11 is 1.64. The molecule has 0 unspecified atom stereocenters. The van der Waals surface area contributed by atoms with Gasteiger partial charge in [-0.3, -0.25) is 9.98 Å². The first-order valence-corrected chi connectivity index (χ1v) is 11.8. The maximum Gasteiger partial charge on any atom is 0.140 e. The van der Waals surface area contributed by atoms with Crippen molar-refractivity contribution in [3.8, 4) is 0 Å². The van der Waals surface area contributed by atoms with Crippen LogP contribution in [0, 0.1) is 13.8 Å². The third-order valence-electron chi connectivity index (χ3n) is 6.08. The van der Waals surface area contributed by atoms with Crippen LogP contribution in [-0.4, -0.2) is 42.8 Å². The fourth-order valence-electron chi connectivity index (χ4n) is 4.35. The number of anilines is 1. The number of nitrogens with one attached hydrogen (secondary N) is 2. The van der Waals surface area contributed by atoms with E-state index in [0.717, 1.165) is 89.2 Å². The van der Waals surface area contributed by atoms with Crippen LogP contribution in [0.15, 0.2) is 34.3 Å². The number of thiophene rings is 1. The fourth-order valence-corrected chi connectivity index (χ4v) is 5.53. The molecule has 6 nitrogen and oxygen atoms in total. The third-order valence-corrected chi connectivity index (χ3v) is 7.18. The third kappa shape index (κ3) is 3.78. The van der Waals surface area contributed by atoms with Crippen LogP contribution in [0.3, 0.4) is 0 Å². The summed E-state index contributed by atoms with van der Waals surface area (Å²) in [7, 11) is 0. The van der Waals surface area contributed by atoms with Gasteiger partial charge in [-0.25, -0.2) is 4.98 Å². The molecule has 3 aromatic rings. The lowest BCUT2D eigenvalue weighted by Gasteiger charge is -2.15. The van der Waals surface area contributed by atoms with Crippen LogP contribution in [0.25, 0.3) is 10.2 Å². The van der Waals surface area contributed by atoms with Crippen molar-refractivity contribution in [3.05, 3.63) is 57.1 Å². The monoisotopic (exact) mass is 432 g/mol. The zero-order valence-corrected chi connectivity index (χ0v) is 18.9. The first-order valence-electron chi connectivity index (χ1n) is 11.0. The van der Waals surface area contributed by atoms with E-state index in [2.05, 4.69) is 58.7 Å². The van der Waals surface area contributed by atoms with Gasteiger partial charge in [0.25, 0.3) is 0 Å². The number of nitrogen functional groups attached to an aromatic ring is 1. The lowest BCUT2D eigenvalue weighted by molar-refractivity contribution is 0.742. The highest BCUT2D eigenvalue weighted by Gasteiger charge is 2.21. The summed E-state index contributed by atoms with van der Waals surface area (Å²) in [4.78, 5) is 16.2. The summed E-state index contributed by atoms with van der Waals surface area (Å²) in [6, 6.07) is 8.71. The van der Waals surface area contributed by atoms with Crippen LogP contribution in [0.5, 0.6) is 0 Å². The Bertz CT molecular complexity index is 1190. The SMILES string of the molecule is Cc1nc2sc(C3=NCCCN3)c(N)c2c(C)c1Cc1ccc(C2=NCCCN2)cc1. The van der Waals surface area contributed by atoms with Gasteiger partial charge in [0, 0.05) is 42.8 Å². The zero-order chi connectivity index (χ0) is 21.4. The van der Waals surface area contributed by atoms with Gasteiger partial charge < -0.3 is 16.4 Å². The number of pyridine rings is 1. The number of nitrogens with two attached hydrogens (primary N) is 1. The van der Waals surface area contributed by atoms with Crippen LogP contribution >= 0.6 is 11.3 Å². The Balaban J connectivity index is 1.48. The number of aliphatic imine (C=N–C) groups is 2. The van der Waals surface area contributed by atoms with Gasteiger partial charge in [0.15, 0.2) is 0 Å². The number of nitrogens with zero attached hydrogens (tertiary/aromatic N) is 3. The molecule has 7 heteroatoms. The van der Waals surface area contributed by atoms with Gasteiger partial charge >= 0.3 is 0 Å². The first-order chi connectivity index (χ1) is 15.1. The molecule has 0 amide bonds. The average Bonchev–Trinajstić information content (AvgIpc) is 3.14. The molecule has 0 atom stereocenters. The van der Waals surface area contributed by atoms with Gasteiger partial charge in [-0.1, -0.05) is 24.3 Å². The van der Waals surface area contributed by atoms with E-state index in [1.54, 1.807) is 11.3 Å². The van der Waals surface area contributed by atoms with Gasteiger partial charge in [-0.15, -0.1) is 11.3 Å². The summed E-state index contributed by atoms with van der Waals surface area (Å²) in [5.74, 6) is 1.92. The molecule has 0 aliphatic carbocycles. The van der Waals surface area contributed by atoms with Crippen LogP contribution in [-0.2, 0) is 6.42 Å². The highest BCUT2D eigenvalue weighted by Crippen LogP contribution is 2.37. The van der Waals surface area contributed by atoms with E-state index >= 15 is 0 Å². The van der Waals surface area contributed by atoms with E-state index in [9.17, 15) is 0 Å². The maximum absolute atomic E-state index is 6.61. The van der Waals surface area contributed by atoms with Crippen molar-refractivity contribution in [1.29, 1.82) is 0 Å². The molecule has 2 aromatic heterocycles. The Labute approximate surface area is 186 Å². The minimum atomic E-state index is 0.802. The number of rotatable bonds is 4. The van der Waals surface area contributed by atoms with Crippen molar-refractivity contribution in [1.82, 2.24) is 15.6 Å². The van der Waals surface area contributed by atoms with Crippen molar-refractivity contribution in [2.24, 2.45) is 9.98 Å². The Morgan fingerprint density at radius 2 is 1.65 bits per heavy atom. The number of aryl methyl sites for hydroxylation is 2. The molecule has 31 heavy (non-hydrogen) atoms. The molecular weight excluding hydrogens is 404 g/mol. The second-order valence-electron chi connectivity index (χ2n) is 8.22. The van der Waals surface area contributed by atoms with E-state index in [4.69, 9.17) is 10.7 Å². The molecule has 0 fully saturated rings. The molecular formula is C24H28N6S. The van der Waals surface area contributed by atoms with Crippen molar-refractivity contribution in [2.75, 3.05) is 31.9 Å². The van der Waals surface area contributed by atoms with E-state index in [1.807, 2.05) is 0 Å². The van der Waals surface area contributed by atoms with E-state index in [1.165, 1.54) is 16.7 Å². The van der Waals surface area contributed by atoms with Gasteiger partial charge in [-0.2, -0.15) is 0 Å². The minimum absolute atomic E-state index is 0.802. The number of hydrogen-bond donors (Lipinski definition) is 3. The Hall–Kier alpha value is -2.93. The largest absolute Gasteiger partial charge is 0.397 e. The summed E-state index contributed by atoms with van der Waals surface area (Å²) < 4.78 is 0. The van der Waals surface area contributed by atoms with Gasteiger partial charge in [0.05, 0.1) is 10.6 Å². The second-order valence-corrected chi connectivity index (χ2v) is 9.22. The van der Waals surface area contributed by atoms with Crippen molar-refractivity contribution in [3.63, 3.8) is 0 Å². The smallest absolute Gasteiger partial charge is 0.140 e. The number of fused-ring (bicyclic) bond motifs is 1. The maximum atomic E-state index is 6.61. The lowest BCUT2D eigenvalue weighted by Crippen LogP contribution is -2.30. The minimum Gasteiger partial charge on any atom is -0.397 e. The second kappa shape index (κ2) is 8.30. The molecule has 0 bridgehead atoms. The van der Waals surface area contributed by atoms with E-state index < -0.39 is 0 Å². The highest BCUT2D eigenvalue weighted by atomic mass is 32.1. The molecule has 0 saturated heterocycles. The van der Waals surface area contributed by atoms with Crippen LogP contribution < -0.4 is 16.4 Å². The van der Waals surface area contributed by atoms with Crippen molar-refractivity contribution < 1.29 is 0 Å². The number of benzene rings is 1. The Morgan fingerprint density at radius 1 is 0.968 bits per heavy atom. The van der Waals surface area contributed by atoms with Crippen LogP contribution in [0.4, 0.5) is 5.69 Å². The summed E-state index contributed by atoms with van der Waals surface area (Å²) in [5.41, 5.74) is 13.4. The molecule has 2 aliphatic heterocycles. The normalized spacial score (nSPS) is 16.5. The predicted molar refractivity (Wildman–Crippen MR) is 131 cm³/mol. The number of aromatic nitrogens is 1. The predicted octanol–water partition coefficient (Wildman–Crippen LogP) is 3.57. The molecule has 4 heterocycles. The van der Waals surface area contributed by atoms with Gasteiger partial charge in [0.2, 0.25) is 0 Å². The van der Waals surface area contributed by atoms with E-state index in [0.29, 0.717) is 0 Å². The number of hydrogen-bond acceptors (Lipinski definition) is 7.